The average Bonchev–Trinajstić information content (AvgIpc) is 2.41. The molecule has 0 fully saturated rings. The molecule has 0 aliphatic heterocycles. The van der Waals surface area contributed by atoms with Gasteiger partial charge in [-0.1, -0.05) is 35.0 Å². The van der Waals surface area contributed by atoms with Crippen LogP contribution >= 0.6 is 15.9 Å². The second-order valence-electron chi connectivity index (χ2n) is 4.64. The lowest BCUT2D eigenvalue weighted by molar-refractivity contribution is 0.305. The van der Waals surface area contributed by atoms with Crippen molar-refractivity contribution in [1.82, 2.24) is 5.32 Å². The van der Waals surface area contributed by atoms with Crippen molar-refractivity contribution < 1.29 is 4.74 Å². The maximum atomic E-state index is 5.90. The molecule has 1 rings (SSSR count). The highest BCUT2D eigenvalue weighted by molar-refractivity contribution is 9.10. The third-order valence-corrected chi connectivity index (χ3v) is 3.45. The lowest BCUT2D eigenvalue weighted by atomic mass is 10.1. The molecule has 1 aromatic rings. The van der Waals surface area contributed by atoms with Crippen molar-refractivity contribution in [2.45, 2.75) is 39.2 Å². The second kappa shape index (κ2) is 9.16. The van der Waals surface area contributed by atoms with E-state index >= 15 is 0 Å². The molecular formula is C16H24BrNO. The van der Waals surface area contributed by atoms with Gasteiger partial charge in [-0.3, -0.25) is 0 Å². The minimum Gasteiger partial charge on any atom is -0.493 e. The number of unbranched alkanes of at least 4 members (excludes halogenated alkanes) is 1. The molecule has 0 saturated carbocycles. The van der Waals surface area contributed by atoms with Crippen LogP contribution in [0.2, 0.25) is 0 Å². The van der Waals surface area contributed by atoms with Crippen LogP contribution in [0.15, 0.2) is 35.3 Å². The van der Waals surface area contributed by atoms with Crippen LogP contribution in [0.5, 0.6) is 5.75 Å². The van der Waals surface area contributed by atoms with Gasteiger partial charge in [-0.15, -0.1) is 6.58 Å². The molecule has 0 amide bonds. The van der Waals surface area contributed by atoms with Crippen LogP contribution in [0.3, 0.4) is 0 Å². The van der Waals surface area contributed by atoms with E-state index in [-0.39, 0.29) is 0 Å². The van der Waals surface area contributed by atoms with E-state index < -0.39 is 0 Å². The Kier molecular flexibility index (Phi) is 7.84. The Bertz CT molecular complexity index is 392. The van der Waals surface area contributed by atoms with Crippen LogP contribution in [-0.2, 0) is 0 Å². The first-order valence-electron chi connectivity index (χ1n) is 6.95. The van der Waals surface area contributed by atoms with Crippen molar-refractivity contribution in [2.75, 3.05) is 13.2 Å². The summed E-state index contributed by atoms with van der Waals surface area (Å²) in [6, 6.07) is 6.55. The number of halogens is 1. The summed E-state index contributed by atoms with van der Waals surface area (Å²) in [4.78, 5) is 0. The maximum absolute atomic E-state index is 5.90. The molecule has 0 aromatic heterocycles. The maximum Gasteiger partial charge on any atom is 0.125 e. The van der Waals surface area contributed by atoms with E-state index in [0.29, 0.717) is 6.04 Å². The van der Waals surface area contributed by atoms with E-state index in [9.17, 15) is 0 Å². The summed E-state index contributed by atoms with van der Waals surface area (Å²) < 4.78 is 6.96. The van der Waals surface area contributed by atoms with Gasteiger partial charge in [-0.25, -0.2) is 0 Å². The summed E-state index contributed by atoms with van der Waals surface area (Å²) in [6.45, 7) is 9.83. The van der Waals surface area contributed by atoms with Gasteiger partial charge in [0.1, 0.15) is 5.75 Å². The van der Waals surface area contributed by atoms with E-state index in [1.165, 1.54) is 5.56 Å². The topological polar surface area (TPSA) is 21.3 Å². The summed E-state index contributed by atoms with van der Waals surface area (Å²) in [7, 11) is 0. The van der Waals surface area contributed by atoms with Gasteiger partial charge in [-0.05, 0) is 44.9 Å². The smallest absolute Gasteiger partial charge is 0.125 e. The molecule has 2 nitrogen and oxygen atoms in total. The molecule has 19 heavy (non-hydrogen) atoms. The Balaban J connectivity index is 2.70. The predicted molar refractivity (Wildman–Crippen MR) is 85.8 cm³/mol. The fraction of sp³-hybridized carbons (Fsp3) is 0.500. The molecule has 1 atom stereocenters. The van der Waals surface area contributed by atoms with E-state index in [1.807, 2.05) is 12.1 Å². The quantitative estimate of drug-likeness (QED) is 0.517. The normalized spacial score (nSPS) is 12.2. The molecule has 0 bridgehead atoms. The SMILES string of the molecule is C=CCCCOc1cc(Br)ccc1C(C)NCCC. The number of allylic oxidation sites excluding steroid dienone is 1. The Morgan fingerprint density at radius 1 is 1.47 bits per heavy atom. The number of ether oxygens (including phenoxy) is 1. The van der Waals surface area contributed by atoms with Crippen LogP contribution in [0.1, 0.15) is 44.7 Å². The van der Waals surface area contributed by atoms with Gasteiger partial charge in [0.05, 0.1) is 6.61 Å². The fourth-order valence-corrected chi connectivity index (χ4v) is 2.21. The van der Waals surface area contributed by atoms with Gasteiger partial charge in [0.25, 0.3) is 0 Å². The second-order valence-corrected chi connectivity index (χ2v) is 5.55. The van der Waals surface area contributed by atoms with Crippen LogP contribution in [0, 0.1) is 0 Å². The van der Waals surface area contributed by atoms with Gasteiger partial charge in [0, 0.05) is 16.1 Å². The first-order valence-corrected chi connectivity index (χ1v) is 7.74. The molecule has 1 aromatic carbocycles. The third kappa shape index (κ3) is 5.79. The highest BCUT2D eigenvalue weighted by Gasteiger charge is 2.11. The first-order chi connectivity index (χ1) is 9.19. The van der Waals surface area contributed by atoms with Gasteiger partial charge < -0.3 is 10.1 Å². The molecular weight excluding hydrogens is 302 g/mol. The van der Waals surface area contributed by atoms with E-state index in [0.717, 1.165) is 42.6 Å². The Labute approximate surface area is 125 Å². The highest BCUT2D eigenvalue weighted by atomic mass is 79.9. The summed E-state index contributed by atoms with van der Waals surface area (Å²) >= 11 is 3.50. The van der Waals surface area contributed by atoms with Crippen molar-refractivity contribution in [3.8, 4) is 5.75 Å². The highest BCUT2D eigenvalue weighted by Crippen LogP contribution is 2.29. The van der Waals surface area contributed by atoms with Gasteiger partial charge in [0.15, 0.2) is 0 Å². The molecule has 1 unspecified atom stereocenters. The summed E-state index contributed by atoms with van der Waals surface area (Å²) in [5.74, 6) is 0.967. The minimum atomic E-state index is 0.308. The van der Waals surface area contributed by atoms with Gasteiger partial charge >= 0.3 is 0 Å². The van der Waals surface area contributed by atoms with Crippen molar-refractivity contribution in [1.29, 1.82) is 0 Å². The molecule has 106 valence electrons. The Hall–Kier alpha value is -0.800. The molecule has 1 N–H and O–H groups in total. The van der Waals surface area contributed by atoms with Crippen molar-refractivity contribution in [3.05, 3.63) is 40.9 Å². The lowest BCUT2D eigenvalue weighted by Crippen LogP contribution is -2.20. The number of nitrogens with one attached hydrogen (secondary N) is 1. The van der Waals surface area contributed by atoms with Crippen LogP contribution in [0.4, 0.5) is 0 Å². The standard InChI is InChI=1S/C16H24BrNO/c1-4-6-7-11-19-16-12-14(17)8-9-15(16)13(3)18-10-5-2/h4,8-9,12-13,18H,1,5-7,10-11H2,2-3H3. The van der Waals surface area contributed by atoms with E-state index in [1.54, 1.807) is 0 Å². The molecule has 3 heteroatoms. The van der Waals surface area contributed by atoms with Crippen molar-refractivity contribution in [2.24, 2.45) is 0 Å². The monoisotopic (exact) mass is 325 g/mol. The Morgan fingerprint density at radius 3 is 2.95 bits per heavy atom. The number of hydrogen-bond donors (Lipinski definition) is 1. The van der Waals surface area contributed by atoms with E-state index in [2.05, 4.69) is 53.8 Å². The van der Waals surface area contributed by atoms with Gasteiger partial charge in [-0.2, -0.15) is 0 Å². The van der Waals surface area contributed by atoms with Crippen LogP contribution in [-0.4, -0.2) is 13.2 Å². The molecule has 0 heterocycles. The zero-order chi connectivity index (χ0) is 14.1. The molecule has 0 aliphatic carbocycles. The molecule has 0 spiro atoms. The fourth-order valence-electron chi connectivity index (χ4n) is 1.87. The third-order valence-electron chi connectivity index (χ3n) is 2.95. The minimum absolute atomic E-state index is 0.308. The molecule has 0 aliphatic rings. The zero-order valence-corrected chi connectivity index (χ0v) is 13.5. The van der Waals surface area contributed by atoms with Crippen molar-refractivity contribution >= 4 is 15.9 Å². The zero-order valence-electron chi connectivity index (χ0n) is 11.9. The largest absolute Gasteiger partial charge is 0.493 e. The molecule has 0 radical (unpaired) electrons. The predicted octanol–water partition coefficient (Wildman–Crippen LogP) is 4.85. The van der Waals surface area contributed by atoms with Crippen LogP contribution < -0.4 is 10.1 Å². The first kappa shape index (κ1) is 16.3. The number of benzene rings is 1. The summed E-state index contributed by atoms with van der Waals surface area (Å²) in [5, 5.41) is 3.50. The van der Waals surface area contributed by atoms with Gasteiger partial charge in [0.2, 0.25) is 0 Å². The molecule has 0 saturated heterocycles. The van der Waals surface area contributed by atoms with E-state index in [4.69, 9.17) is 4.74 Å². The lowest BCUT2D eigenvalue weighted by Gasteiger charge is -2.18. The Morgan fingerprint density at radius 2 is 2.26 bits per heavy atom. The number of hydrogen-bond acceptors (Lipinski definition) is 2. The number of rotatable bonds is 9. The van der Waals surface area contributed by atoms with Crippen LogP contribution in [0.25, 0.3) is 0 Å². The average molecular weight is 326 g/mol. The summed E-state index contributed by atoms with van der Waals surface area (Å²) in [6.07, 6.45) is 5.06. The summed E-state index contributed by atoms with van der Waals surface area (Å²) in [5.41, 5.74) is 1.22. The van der Waals surface area contributed by atoms with Crippen molar-refractivity contribution in [3.63, 3.8) is 0 Å².